The Morgan fingerprint density at radius 2 is 1.11 bits per heavy atom. The van der Waals surface area contributed by atoms with E-state index in [4.69, 9.17) is 82.5 Å². The Bertz CT molecular complexity index is 3160. The largest absolute Gasteiger partial charge is 0.444 e. The minimum atomic E-state index is -0.475. The summed E-state index contributed by atoms with van der Waals surface area (Å²) in [5, 5.41) is 15.5. The monoisotopic (exact) mass is 1210 g/mol. The van der Waals surface area contributed by atoms with Crippen LogP contribution in [0, 0.1) is 49.4 Å². The second kappa shape index (κ2) is 26.5. The molecule has 8 atom stereocenters. The van der Waals surface area contributed by atoms with E-state index < -0.39 is 11.2 Å². The fraction of sp³-hybridized carbons (Fsp3) is 0.600. The number of nitrogens with one attached hydrogen (secondary N) is 1. The quantitative estimate of drug-likeness (QED) is 0.161. The molecule has 6 unspecified atom stereocenters. The number of fused-ring (bicyclic) bond motifs is 2. The van der Waals surface area contributed by atoms with E-state index in [0.717, 1.165) is 129 Å². The average molecular weight is 1210 g/mol. The summed E-state index contributed by atoms with van der Waals surface area (Å²) in [6.45, 7) is 31.5. The number of rotatable bonds is 7. The van der Waals surface area contributed by atoms with E-state index in [9.17, 15) is 9.59 Å². The molecule has 16 nitrogen and oxygen atoms in total. The highest BCUT2D eigenvalue weighted by molar-refractivity contribution is 6.35. The molecule has 0 saturated carbocycles. The molecule has 4 aromatic heterocycles. The van der Waals surface area contributed by atoms with E-state index in [-0.39, 0.29) is 24.3 Å². The van der Waals surface area contributed by atoms with Gasteiger partial charge in [-0.25, -0.2) is 38.9 Å². The normalized spacial score (nSPS) is 22.6. The molecule has 2 amide bonds. The standard InChI is InChI=1S/C30H40Cl2N6O2.C16H30N2O2.C14H11Cl3N4/c1-18-16-36(13-11-23(18)21-8-7-12-37(17-21)29(39)40-30(4,5)6)26-15-33-27-19(2)35-38(28(27)34-26)20(3)24-10-9-22(31)14-25(24)32;1-12-10-17-8-7-14(12)13-6-5-9-18(11-13)15(19)20-16(2,3)4;1-7-13-14(19-12(17)6-18-13)21(20-7)8(2)10-4-3-9(15)5-11(10)16/h9-10,14-15,18,20-21,23H,7-8,11-13,16-17H2,1-6H3;12-14,17H,5-11H2,1-4H3;3-6,8H,1-2H3/t18?,20-,21?,23?;;8-/m1.1/s1. The number of halogens is 5. The number of likely N-dealkylation sites (tertiary alicyclic amines) is 2. The molecule has 2 aromatic carbocycles. The fourth-order valence-corrected chi connectivity index (χ4v) is 13.5. The molecule has 4 fully saturated rings. The summed E-state index contributed by atoms with van der Waals surface area (Å²) < 4.78 is 14.9. The zero-order chi connectivity index (χ0) is 58.7. The smallest absolute Gasteiger partial charge is 0.410 e. The summed E-state index contributed by atoms with van der Waals surface area (Å²) in [6, 6.07) is 10.7. The Balaban J connectivity index is 0.000000176. The molecule has 440 valence electrons. The van der Waals surface area contributed by atoms with Crippen molar-refractivity contribution in [2.45, 2.75) is 145 Å². The Hall–Kier alpha value is -4.71. The predicted molar refractivity (Wildman–Crippen MR) is 326 cm³/mol. The molecule has 1 N–H and O–H groups in total. The highest BCUT2D eigenvalue weighted by Gasteiger charge is 2.38. The molecule has 0 bridgehead atoms. The van der Waals surface area contributed by atoms with E-state index in [1.54, 1.807) is 22.9 Å². The zero-order valence-electron chi connectivity index (χ0n) is 49.1. The van der Waals surface area contributed by atoms with E-state index in [0.29, 0.717) is 60.5 Å². The number of anilines is 1. The summed E-state index contributed by atoms with van der Waals surface area (Å²) >= 11 is 30.8. The van der Waals surface area contributed by atoms with E-state index in [1.807, 2.05) is 101 Å². The van der Waals surface area contributed by atoms with Crippen molar-refractivity contribution in [2.75, 3.05) is 57.3 Å². The number of aromatic nitrogens is 8. The molecule has 0 aliphatic carbocycles. The number of ether oxygens (including phenoxy) is 2. The second-order valence-corrected chi connectivity index (χ2v) is 26.8. The van der Waals surface area contributed by atoms with Gasteiger partial charge in [-0.2, -0.15) is 10.2 Å². The number of aryl methyl sites for hydroxylation is 2. The van der Waals surface area contributed by atoms with Crippen molar-refractivity contribution < 1.29 is 19.1 Å². The molecule has 8 heterocycles. The van der Waals surface area contributed by atoms with Crippen LogP contribution in [0.5, 0.6) is 0 Å². The van der Waals surface area contributed by atoms with Crippen molar-refractivity contribution in [3.63, 3.8) is 0 Å². The molecular weight excluding hydrogens is 1130 g/mol. The molecule has 0 spiro atoms. The Kier molecular flexibility index (Phi) is 20.4. The number of hydrogen-bond acceptors (Lipinski definition) is 12. The summed E-state index contributed by atoms with van der Waals surface area (Å²) in [7, 11) is 0. The summed E-state index contributed by atoms with van der Waals surface area (Å²) in [4.78, 5) is 49.6. The number of carbonyl (C=O) groups is 2. The van der Waals surface area contributed by atoms with Crippen LogP contribution in [0.15, 0.2) is 48.8 Å². The van der Waals surface area contributed by atoms with Gasteiger partial charge in [0.05, 0.1) is 35.9 Å². The number of carbonyl (C=O) groups excluding carboxylic acids is 2. The molecule has 4 aliphatic rings. The topological polar surface area (TPSA) is 162 Å². The maximum Gasteiger partial charge on any atom is 0.410 e. The number of hydrogen-bond donors (Lipinski definition) is 1. The van der Waals surface area contributed by atoms with Crippen LogP contribution in [-0.2, 0) is 9.47 Å². The number of benzene rings is 2. The molecule has 6 aromatic rings. The first-order chi connectivity index (χ1) is 38.2. The maximum atomic E-state index is 12.7. The lowest BCUT2D eigenvalue weighted by Crippen LogP contribution is -2.48. The lowest BCUT2D eigenvalue weighted by Gasteiger charge is -2.44. The van der Waals surface area contributed by atoms with Gasteiger partial charge in [-0.1, -0.05) is 84.0 Å². The van der Waals surface area contributed by atoms with Gasteiger partial charge in [-0.05, 0) is 192 Å². The van der Waals surface area contributed by atoms with Crippen molar-refractivity contribution in [1.29, 1.82) is 0 Å². The van der Waals surface area contributed by atoms with Gasteiger partial charge in [-0.3, -0.25) is 0 Å². The van der Waals surface area contributed by atoms with Gasteiger partial charge in [0.25, 0.3) is 0 Å². The second-order valence-electron chi connectivity index (χ2n) is 24.7. The van der Waals surface area contributed by atoms with Crippen molar-refractivity contribution in [1.82, 2.24) is 54.6 Å². The van der Waals surface area contributed by atoms with Crippen LogP contribution in [0.4, 0.5) is 15.4 Å². The number of piperidine rings is 4. The molecule has 21 heteroatoms. The van der Waals surface area contributed by atoms with Crippen LogP contribution in [0.25, 0.3) is 22.3 Å². The fourth-order valence-electron chi connectivity index (χ4n) is 12.2. The third-order valence-corrected chi connectivity index (χ3v) is 17.5. The SMILES string of the molecule is CC1CNCCC1C1CCCN(C(=O)OC(C)(C)C)C1.Cc1nn([C@H](C)c2ccc(Cl)cc2Cl)c2nc(Cl)cnc12.Cc1nn([C@H](C)c2ccc(Cl)cc2Cl)c2nc(N3CCC(C4CCCN(C(=O)OC(C)(C)C)C4)C(C)C3)cnc12. The lowest BCUT2D eigenvalue weighted by atomic mass is 9.74. The average Bonchev–Trinajstić information content (AvgIpc) is 4.09. The molecular formula is C60H81Cl5N12O4. The Morgan fingerprint density at radius 3 is 1.58 bits per heavy atom. The van der Waals surface area contributed by atoms with Gasteiger partial charge in [0.2, 0.25) is 0 Å². The Morgan fingerprint density at radius 1 is 0.630 bits per heavy atom. The van der Waals surface area contributed by atoms with Crippen molar-refractivity contribution in [2.24, 2.45) is 35.5 Å². The molecule has 10 rings (SSSR count). The zero-order valence-corrected chi connectivity index (χ0v) is 52.9. The van der Waals surface area contributed by atoms with Crippen molar-refractivity contribution in [3.05, 3.63) is 96.6 Å². The first-order valence-corrected chi connectivity index (χ1v) is 30.5. The van der Waals surface area contributed by atoms with Crippen LogP contribution in [0.2, 0.25) is 25.2 Å². The first-order valence-electron chi connectivity index (χ1n) is 28.7. The van der Waals surface area contributed by atoms with Crippen molar-refractivity contribution >= 4 is 98.3 Å². The van der Waals surface area contributed by atoms with Crippen LogP contribution in [0.1, 0.15) is 142 Å². The van der Waals surface area contributed by atoms with Crippen LogP contribution in [0.3, 0.4) is 0 Å². The molecule has 4 saturated heterocycles. The summed E-state index contributed by atoms with van der Waals surface area (Å²) in [5.74, 6) is 4.49. The minimum absolute atomic E-state index is 0.112. The number of nitrogens with zero attached hydrogens (tertiary/aromatic N) is 11. The Labute approximate surface area is 503 Å². The van der Waals surface area contributed by atoms with Gasteiger partial charge in [0.1, 0.15) is 33.2 Å². The first kappa shape index (κ1) is 62.3. The predicted octanol–water partition coefficient (Wildman–Crippen LogP) is 14.7. The summed E-state index contributed by atoms with van der Waals surface area (Å²) in [5.41, 5.74) is 5.53. The van der Waals surface area contributed by atoms with Crippen LogP contribution >= 0.6 is 58.0 Å². The van der Waals surface area contributed by atoms with Crippen LogP contribution in [-0.4, -0.2) is 125 Å². The summed E-state index contributed by atoms with van der Waals surface area (Å²) in [6.07, 6.45) is 9.92. The van der Waals surface area contributed by atoms with Gasteiger partial charge < -0.3 is 29.5 Å². The van der Waals surface area contributed by atoms with E-state index >= 15 is 0 Å². The van der Waals surface area contributed by atoms with Gasteiger partial charge in [-0.15, -0.1) is 0 Å². The van der Waals surface area contributed by atoms with Crippen LogP contribution < -0.4 is 10.2 Å². The van der Waals surface area contributed by atoms with Gasteiger partial charge >= 0.3 is 12.2 Å². The van der Waals surface area contributed by atoms with Gasteiger partial charge in [0.15, 0.2) is 11.3 Å². The third kappa shape index (κ3) is 15.5. The highest BCUT2D eigenvalue weighted by atomic mass is 35.5. The molecule has 4 aliphatic heterocycles. The third-order valence-electron chi connectivity index (χ3n) is 16.2. The van der Waals surface area contributed by atoms with Crippen molar-refractivity contribution in [3.8, 4) is 0 Å². The van der Waals surface area contributed by atoms with E-state index in [1.165, 1.54) is 19.0 Å². The maximum absolute atomic E-state index is 12.7. The molecule has 81 heavy (non-hydrogen) atoms. The van der Waals surface area contributed by atoms with Gasteiger partial charge in [0, 0.05) is 59.4 Å². The highest BCUT2D eigenvalue weighted by Crippen LogP contribution is 2.39. The van der Waals surface area contributed by atoms with E-state index in [2.05, 4.69) is 46.1 Å². The minimum Gasteiger partial charge on any atom is -0.444 e. The number of amides is 2. The molecule has 0 radical (unpaired) electrons. The lowest BCUT2D eigenvalue weighted by molar-refractivity contribution is 0.00830.